The van der Waals surface area contributed by atoms with E-state index < -0.39 is 5.60 Å². The van der Waals surface area contributed by atoms with Crippen molar-refractivity contribution in [3.8, 4) is 0 Å². The number of aliphatic hydroxyl groups is 1. The van der Waals surface area contributed by atoms with E-state index in [0.717, 1.165) is 6.42 Å². The first-order chi connectivity index (χ1) is 6.60. The Kier molecular flexibility index (Phi) is 2.24. The summed E-state index contributed by atoms with van der Waals surface area (Å²) in [7, 11) is 1.67. The molecule has 1 fully saturated rings. The minimum absolute atomic E-state index is 0.201. The first-order valence-corrected chi connectivity index (χ1v) is 4.69. The van der Waals surface area contributed by atoms with E-state index in [-0.39, 0.29) is 12.7 Å². The maximum Gasteiger partial charge on any atom is 0.208 e. The van der Waals surface area contributed by atoms with Gasteiger partial charge in [0, 0.05) is 0 Å². The summed E-state index contributed by atoms with van der Waals surface area (Å²) in [6, 6.07) is 0. The van der Waals surface area contributed by atoms with E-state index in [2.05, 4.69) is 15.4 Å². The van der Waals surface area contributed by atoms with E-state index in [4.69, 9.17) is 4.74 Å². The van der Waals surface area contributed by atoms with Crippen LogP contribution in [0.1, 0.15) is 25.6 Å². The zero-order valence-corrected chi connectivity index (χ0v) is 8.34. The highest BCUT2D eigenvalue weighted by Gasteiger charge is 2.38. The van der Waals surface area contributed by atoms with Gasteiger partial charge in [-0.3, -0.25) is 0 Å². The molecule has 0 aliphatic carbocycles. The Hall–Kier alpha value is -1.01. The van der Waals surface area contributed by atoms with Crippen molar-refractivity contribution >= 4 is 0 Å². The van der Waals surface area contributed by atoms with E-state index >= 15 is 0 Å². The van der Waals surface area contributed by atoms with Crippen molar-refractivity contribution in [3.63, 3.8) is 0 Å². The van der Waals surface area contributed by atoms with Crippen LogP contribution in [0.15, 0.2) is 0 Å². The number of hydrogen-bond donors (Lipinski definition) is 1. The Morgan fingerprint density at radius 1 is 1.64 bits per heavy atom. The number of rotatable bonds is 1. The summed E-state index contributed by atoms with van der Waals surface area (Å²) in [5.74, 6) is 0.354. The fourth-order valence-electron chi connectivity index (χ4n) is 1.52. The minimum atomic E-state index is -1.05. The molecule has 1 aromatic heterocycles. The van der Waals surface area contributed by atoms with Gasteiger partial charge in [-0.25, -0.2) is 0 Å². The zero-order chi connectivity index (χ0) is 10.2. The first kappa shape index (κ1) is 9.54. The molecule has 78 valence electrons. The molecular formula is C8H14N4O2. The van der Waals surface area contributed by atoms with Crippen LogP contribution in [0.2, 0.25) is 0 Å². The number of nitrogens with zero attached hydrogens (tertiary/aromatic N) is 4. The van der Waals surface area contributed by atoms with Gasteiger partial charge >= 0.3 is 0 Å². The Balaban J connectivity index is 2.16. The molecular weight excluding hydrogens is 184 g/mol. The predicted molar refractivity (Wildman–Crippen MR) is 47.3 cm³/mol. The molecule has 0 bridgehead atoms. The summed E-state index contributed by atoms with van der Waals surface area (Å²) in [5.41, 5.74) is -1.05. The van der Waals surface area contributed by atoms with Crippen molar-refractivity contribution in [3.05, 3.63) is 5.82 Å². The lowest BCUT2D eigenvalue weighted by Gasteiger charge is -2.32. The molecule has 1 N–H and O–H groups in total. The second-order valence-corrected chi connectivity index (χ2v) is 3.79. The van der Waals surface area contributed by atoms with Gasteiger partial charge in [-0.2, -0.15) is 4.80 Å². The molecule has 2 unspecified atom stereocenters. The van der Waals surface area contributed by atoms with Gasteiger partial charge in [-0.05, 0) is 25.0 Å². The lowest BCUT2D eigenvalue weighted by molar-refractivity contribution is -0.123. The highest BCUT2D eigenvalue weighted by Crippen LogP contribution is 2.29. The summed E-state index contributed by atoms with van der Waals surface area (Å²) in [6.07, 6.45) is 1.64. The molecule has 0 aromatic carbocycles. The molecule has 2 heterocycles. The van der Waals surface area contributed by atoms with Crippen LogP contribution >= 0.6 is 0 Å². The number of ether oxygens (including phenoxy) is 1. The zero-order valence-electron chi connectivity index (χ0n) is 8.34. The average Bonchev–Trinajstić information content (AvgIpc) is 2.58. The summed E-state index contributed by atoms with van der Waals surface area (Å²) in [4.78, 5) is 1.34. The predicted octanol–water partition coefficient (Wildman–Crippen LogP) is -0.403. The molecule has 0 radical (unpaired) electrons. The number of aromatic nitrogens is 4. The Bertz CT molecular complexity index is 317. The van der Waals surface area contributed by atoms with Gasteiger partial charge in [-0.1, -0.05) is 0 Å². The van der Waals surface area contributed by atoms with Gasteiger partial charge in [0.1, 0.15) is 0 Å². The fourth-order valence-corrected chi connectivity index (χ4v) is 1.52. The molecule has 0 saturated carbocycles. The molecule has 0 amide bonds. The maximum atomic E-state index is 10.2. The lowest BCUT2D eigenvalue weighted by Crippen LogP contribution is -2.39. The Morgan fingerprint density at radius 2 is 2.43 bits per heavy atom. The van der Waals surface area contributed by atoms with Gasteiger partial charge < -0.3 is 9.84 Å². The number of hydrogen-bond acceptors (Lipinski definition) is 5. The van der Waals surface area contributed by atoms with E-state index in [1.54, 1.807) is 7.05 Å². The molecule has 6 nitrogen and oxygen atoms in total. The molecule has 1 aliphatic rings. The fraction of sp³-hybridized carbons (Fsp3) is 0.875. The van der Waals surface area contributed by atoms with Crippen LogP contribution in [-0.4, -0.2) is 38.0 Å². The SMILES string of the molecule is CC1CCC(O)(c2nnn(C)n2)CO1. The third kappa shape index (κ3) is 1.62. The summed E-state index contributed by atoms with van der Waals surface area (Å²) >= 11 is 0. The van der Waals surface area contributed by atoms with Crippen LogP contribution in [-0.2, 0) is 17.4 Å². The smallest absolute Gasteiger partial charge is 0.208 e. The van der Waals surface area contributed by atoms with Crippen molar-refractivity contribution in [1.29, 1.82) is 0 Å². The van der Waals surface area contributed by atoms with Crippen molar-refractivity contribution < 1.29 is 9.84 Å². The summed E-state index contributed by atoms with van der Waals surface area (Å²) in [5, 5.41) is 21.7. The van der Waals surface area contributed by atoms with Crippen molar-refractivity contribution in [1.82, 2.24) is 20.2 Å². The minimum Gasteiger partial charge on any atom is -0.379 e. The number of tetrazole rings is 1. The Labute approximate surface area is 81.9 Å². The van der Waals surface area contributed by atoms with Crippen LogP contribution < -0.4 is 0 Å². The highest BCUT2D eigenvalue weighted by atomic mass is 16.5. The standard InChI is InChI=1S/C8H14N4O2/c1-6-3-4-8(13,5-14-6)7-9-11-12(2)10-7/h6,13H,3-5H2,1-2H3. The molecule has 1 aliphatic heterocycles. The summed E-state index contributed by atoms with van der Waals surface area (Å²) in [6.45, 7) is 2.24. The third-order valence-corrected chi connectivity index (χ3v) is 2.50. The second-order valence-electron chi connectivity index (χ2n) is 3.79. The van der Waals surface area contributed by atoms with Crippen LogP contribution in [0, 0.1) is 0 Å². The molecule has 6 heteroatoms. The maximum absolute atomic E-state index is 10.2. The molecule has 2 atom stereocenters. The Morgan fingerprint density at radius 3 is 2.93 bits per heavy atom. The van der Waals surface area contributed by atoms with Crippen LogP contribution in [0.5, 0.6) is 0 Å². The largest absolute Gasteiger partial charge is 0.379 e. The molecule has 14 heavy (non-hydrogen) atoms. The van der Waals surface area contributed by atoms with Crippen molar-refractivity contribution in [2.75, 3.05) is 6.61 Å². The molecule has 1 saturated heterocycles. The normalized spacial score (nSPS) is 33.2. The summed E-state index contributed by atoms with van der Waals surface area (Å²) < 4.78 is 5.39. The van der Waals surface area contributed by atoms with E-state index in [9.17, 15) is 5.11 Å². The van der Waals surface area contributed by atoms with Crippen LogP contribution in [0.3, 0.4) is 0 Å². The van der Waals surface area contributed by atoms with Gasteiger partial charge in [0.2, 0.25) is 5.82 Å². The van der Waals surface area contributed by atoms with Crippen molar-refractivity contribution in [2.24, 2.45) is 7.05 Å². The number of aryl methyl sites for hydroxylation is 1. The van der Waals surface area contributed by atoms with Crippen LogP contribution in [0.25, 0.3) is 0 Å². The molecule has 1 aromatic rings. The van der Waals surface area contributed by atoms with Gasteiger partial charge in [0.15, 0.2) is 5.60 Å². The lowest BCUT2D eigenvalue weighted by atomic mass is 9.93. The van der Waals surface area contributed by atoms with Gasteiger partial charge in [0.05, 0.1) is 19.8 Å². The van der Waals surface area contributed by atoms with E-state index in [1.807, 2.05) is 6.92 Å². The first-order valence-electron chi connectivity index (χ1n) is 4.69. The van der Waals surface area contributed by atoms with E-state index in [1.165, 1.54) is 4.80 Å². The monoisotopic (exact) mass is 198 g/mol. The molecule has 2 rings (SSSR count). The van der Waals surface area contributed by atoms with E-state index in [0.29, 0.717) is 12.2 Å². The van der Waals surface area contributed by atoms with Crippen molar-refractivity contribution in [2.45, 2.75) is 31.5 Å². The second kappa shape index (κ2) is 3.29. The van der Waals surface area contributed by atoms with Gasteiger partial charge in [-0.15, -0.1) is 10.2 Å². The highest BCUT2D eigenvalue weighted by molar-refractivity contribution is 4.99. The average molecular weight is 198 g/mol. The molecule has 0 spiro atoms. The quantitative estimate of drug-likeness (QED) is 0.664. The third-order valence-electron chi connectivity index (χ3n) is 2.50. The van der Waals surface area contributed by atoms with Crippen LogP contribution in [0.4, 0.5) is 0 Å². The topological polar surface area (TPSA) is 73.1 Å². The van der Waals surface area contributed by atoms with Gasteiger partial charge in [0.25, 0.3) is 0 Å².